The Morgan fingerprint density at radius 1 is 1.05 bits per heavy atom. The molecule has 5 fully saturated rings. The van der Waals surface area contributed by atoms with Crippen molar-refractivity contribution in [2.75, 3.05) is 13.6 Å². The number of carbonyl (C=O) groups excluding carboxylic acids is 1. The molecule has 1 heterocycles. The summed E-state index contributed by atoms with van der Waals surface area (Å²) in [4.78, 5) is 15.2. The number of rotatable bonds is 2. The fourth-order valence-corrected chi connectivity index (χ4v) is 6.28. The normalized spacial score (nSPS) is 48.4. The summed E-state index contributed by atoms with van der Waals surface area (Å²) in [7, 11) is 2.10. The van der Waals surface area contributed by atoms with Crippen LogP contribution in [0.2, 0.25) is 0 Å². The lowest BCUT2D eigenvalue weighted by molar-refractivity contribution is -0.145. The van der Waals surface area contributed by atoms with E-state index in [1.54, 1.807) is 0 Å². The van der Waals surface area contributed by atoms with E-state index in [1.165, 1.54) is 44.9 Å². The smallest absolute Gasteiger partial charge is 0.239 e. The zero-order chi connectivity index (χ0) is 14.6. The van der Waals surface area contributed by atoms with Gasteiger partial charge in [-0.1, -0.05) is 6.92 Å². The molecule has 3 heteroatoms. The predicted molar refractivity (Wildman–Crippen MR) is 83.8 cm³/mol. The monoisotopic (exact) mass is 290 g/mol. The van der Waals surface area contributed by atoms with Gasteiger partial charge in [0, 0.05) is 13.1 Å². The van der Waals surface area contributed by atoms with E-state index in [0.29, 0.717) is 17.9 Å². The van der Waals surface area contributed by atoms with Gasteiger partial charge in [0.15, 0.2) is 0 Å². The van der Waals surface area contributed by atoms with E-state index in [2.05, 4.69) is 24.2 Å². The van der Waals surface area contributed by atoms with E-state index in [9.17, 15) is 4.79 Å². The minimum absolute atomic E-state index is 0.0703. The van der Waals surface area contributed by atoms with Gasteiger partial charge in [-0.3, -0.25) is 4.79 Å². The van der Waals surface area contributed by atoms with Gasteiger partial charge >= 0.3 is 0 Å². The first kappa shape index (κ1) is 14.0. The summed E-state index contributed by atoms with van der Waals surface area (Å²) in [6.07, 6.45) is 9.46. The molecular formula is C18H30N2O. The summed E-state index contributed by atoms with van der Waals surface area (Å²) in [5.41, 5.74) is 0. The lowest BCUT2D eigenvalue weighted by Gasteiger charge is -2.57. The molecule has 5 aliphatic rings. The molecule has 2 atom stereocenters. The molecule has 1 amide bonds. The van der Waals surface area contributed by atoms with E-state index in [-0.39, 0.29) is 6.04 Å². The first-order valence-electron chi connectivity index (χ1n) is 9.13. The number of nitrogens with zero attached hydrogens (tertiary/aromatic N) is 1. The maximum atomic E-state index is 13.0. The largest absolute Gasteiger partial charge is 0.341 e. The Labute approximate surface area is 128 Å². The van der Waals surface area contributed by atoms with Crippen LogP contribution in [0.1, 0.15) is 51.9 Å². The first-order valence-corrected chi connectivity index (χ1v) is 9.13. The Hall–Kier alpha value is -0.570. The van der Waals surface area contributed by atoms with Crippen molar-refractivity contribution < 1.29 is 4.79 Å². The fourth-order valence-electron chi connectivity index (χ4n) is 6.28. The molecule has 5 rings (SSSR count). The van der Waals surface area contributed by atoms with Crippen molar-refractivity contribution in [1.82, 2.24) is 10.2 Å². The van der Waals surface area contributed by atoms with Crippen LogP contribution in [0.25, 0.3) is 0 Å². The number of carbonyl (C=O) groups is 1. The van der Waals surface area contributed by atoms with Crippen LogP contribution in [-0.2, 0) is 4.79 Å². The third kappa shape index (κ3) is 2.32. The zero-order valence-electron chi connectivity index (χ0n) is 13.6. The Bertz CT molecular complexity index is 393. The first-order chi connectivity index (χ1) is 10.1. The van der Waals surface area contributed by atoms with E-state index in [1.807, 2.05) is 0 Å². The summed E-state index contributed by atoms with van der Waals surface area (Å²) in [6.45, 7) is 3.25. The summed E-state index contributed by atoms with van der Waals surface area (Å²) in [6, 6.07) is 0.613. The van der Waals surface area contributed by atoms with E-state index in [4.69, 9.17) is 0 Å². The van der Waals surface area contributed by atoms with Gasteiger partial charge in [-0.25, -0.2) is 0 Å². The van der Waals surface area contributed by atoms with Crippen molar-refractivity contribution in [2.45, 2.75) is 64.0 Å². The van der Waals surface area contributed by atoms with Crippen LogP contribution in [0.4, 0.5) is 0 Å². The van der Waals surface area contributed by atoms with E-state index in [0.717, 1.165) is 30.2 Å². The van der Waals surface area contributed by atoms with Crippen LogP contribution in [0.15, 0.2) is 0 Å². The molecule has 0 radical (unpaired) electrons. The topological polar surface area (TPSA) is 32.3 Å². The summed E-state index contributed by atoms with van der Waals surface area (Å²) < 4.78 is 0. The second-order valence-electron chi connectivity index (χ2n) is 8.42. The molecule has 1 N–H and O–H groups in total. The molecule has 0 aromatic carbocycles. The van der Waals surface area contributed by atoms with Crippen molar-refractivity contribution in [3.63, 3.8) is 0 Å². The van der Waals surface area contributed by atoms with E-state index < -0.39 is 0 Å². The third-order valence-corrected chi connectivity index (χ3v) is 7.01. The van der Waals surface area contributed by atoms with E-state index >= 15 is 0 Å². The number of hydrogen-bond donors (Lipinski definition) is 1. The lowest BCUT2D eigenvalue weighted by Crippen LogP contribution is -2.60. The number of hydrogen-bond acceptors (Lipinski definition) is 2. The van der Waals surface area contributed by atoms with Gasteiger partial charge in [0.1, 0.15) is 0 Å². The Kier molecular flexibility index (Phi) is 3.52. The molecule has 0 aromatic rings. The molecule has 4 aliphatic carbocycles. The quantitative estimate of drug-likeness (QED) is 0.848. The lowest BCUT2D eigenvalue weighted by atomic mass is 9.54. The van der Waals surface area contributed by atoms with Crippen molar-refractivity contribution in [3.8, 4) is 0 Å². The highest BCUT2D eigenvalue weighted by atomic mass is 16.2. The molecule has 1 saturated heterocycles. The van der Waals surface area contributed by atoms with Crippen LogP contribution in [0.3, 0.4) is 0 Å². The average molecular weight is 290 g/mol. The zero-order valence-corrected chi connectivity index (χ0v) is 13.6. The van der Waals surface area contributed by atoms with Gasteiger partial charge in [-0.05, 0) is 81.1 Å². The van der Waals surface area contributed by atoms with Crippen LogP contribution in [-0.4, -0.2) is 36.5 Å². The molecule has 4 saturated carbocycles. The minimum atomic E-state index is 0.0703. The SMILES string of the molecule is CC1CCCNC1C(=O)N(C)C1C2CC3CC(C2)CC1C3. The van der Waals surface area contributed by atoms with Crippen molar-refractivity contribution in [3.05, 3.63) is 0 Å². The number of nitrogens with one attached hydrogen (secondary N) is 1. The molecule has 0 spiro atoms. The van der Waals surface area contributed by atoms with Crippen LogP contribution < -0.4 is 5.32 Å². The molecular weight excluding hydrogens is 260 g/mol. The van der Waals surface area contributed by atoms with Crippen molar-refractivity contribution in [1.29, 1.82) is 0 Å². The molecule has 1 aliphatic heterocycles. The minimum Gasteiger partial charge on any atom is -0.341 e. The predicted octanol–water partition coefficient (Wildman–Crippen LogP) is 2.66. The third-order valence-electron chi connectivity index (χ3n) is 7.01. The Morgan fingerprint density at radius 2 is 1.67 bits per heavy atom. The highest BCUT2D eigenvalue weighted by Crippen LogP contribution is 2.55. The molecule has 21 heavy (non-hydrogen) atoms. The van der Waals surface area contributed by atoms with Gasteiger partial charge in [-0.2, -0.15) is 0 Å². The fraction of sp³-hybridized carbons (Fsp3) is 0.944. The number of amides is 1. The standard InChI is InChI=1S/C18H30N2O/c1-11-4-3-5-19-16(11)18(21)20(2)17-14-7-12-6-13(9-14)10-15(17)8-12/h11-17,19H,3-10H2,1-2H3. The summed E-state index contributed by atoms with van der Waals surface area (Å²) >= 11 is 0. The number of piperidine rings is 1. The molecule has 3 nitrogen and oxygen atoms in total. The Morgan fingerprint density at radius 3 is 2.24 bits per heavy atom. The second-order valence-corrected chi connectivity index (χ2v) is 8.42. The highest BCUT2D eigenvalue weighted by Gasteiger charge is 2.50. The van der Waals surface area contributed by atoms with Gasteiger partial charge in [0.25, 0.3) is 0 Å². The maximum Gasteiger partial charge on any atom is 0.239 e. The van der Waals surface area contributed by atoms with Crippen LogP contribution >= 0.6 is 0 Å². The van der Waals surface area contributed by atoms with Crippen LogP contribution in [0.5, 0.6) is 0 Å². The summed E-state index contributed by atoms with van der Waals surface area (Å²) in [5, 5.41) is 3.48. The van der Waals surface area contributed by atoms with Crippen molar-refractivity contribution >= 4 is 5.91 Å². The second kappa shape index (κ2) is 5.26. The Balaban J connectivity index is 1.49. The molecule has 0 aromatic heterocycles. The van der Waals surface area contributed by atoms with Gasteiger partial charge in [-0.15, -0.1) is 0 Å². The van der Waals surface area contributed by atoms with Crippen molar-refractivity contribution in [2.24, 2.45) is 29.6 Å². The summed E-state index contributed by atoms with van der Waals surface area (Å²) in [5.74, 6) is 4.44. The highest BCUT2D eigenvalue weighted by molar-refractivity contribution is 5.82. The molecule has 118 valence electrons. The maximum absolute atomic E-state index is 13.0. The molecule has 4 bridgehead atoms. The van der Waals surface area contributed by atoms with Gasteiger partial charge in [0.2, 0.25) is 5.91 Å². The van der Waals surface area contributed by atoms with Crippen LogP contribution in [0, 0.1) is 29.6 Å². The van der Waals surface area contributed by atoms with Gasteiger partial charge in [0.05, 0.1) is 6.04 Å². The molecule has 2 unspecified atom stereocenters. The average Bonchev–Trinajstić information content (AvgIpc) is 2.45. The van der Waals surface area contributed by atoms with Gasteiger partial charge < -0.3 is 10.2 Å². The number of likely N-dealkylation sites (N-methyl/N-ethyl adjacent to an activating group) is 1.